The van der Waals surface area contributed by atoms with E-state index in [0.717, 1.165) is 23.9 Å². The Morgan fingerprint density at radius 1 is 1.48 bits per heavy atom. The zero-order valence-electron chi connectivity index (χ0n) is 12.1. The van der Waals surface area contributed by atoms with E-state index >= 15 is 0 Å². The van der Waals surface area contributed by atoms with Crippen molar-refractivity contribution in [2.24, 2.45) is 0 Å². The van der Waals surface area contributed by atoms with Crippen LogP contribution in [0.1, 0.15) is 23.2 Å². The van der Waals surface area contributed by atoms with Crippen molar-refractivity contribution in [2.45, 2.75) is 18.9 Å². The van der Waals surface area contributed by atoms with E-state index in [0.29, 0.717) is 31.1 Å². The summed E-state index contributed by atoms with van der Waals surface area (Å²) in [5.74, 6) is 0.595. The number of benzene rings is 1. The van der Waals surface area contributed by atoms with Crippen molar-refractivity contribution in [1.29, 1.82) is 0 Å². The van der Waals surface area contributed by atoms with Gasteiger partial charge in [-0.2, -0.15) is 0 Å². The van der Waals surface area contributed by atoms with E-state index in [-0.39, 0.29) is 12.0 Å². The first-order valence-electron chi connectivity index (χ1n) is 7.02. The molecule has 2 rings (SSSR count). The molecule has 0 radical (unpaired) electrons. The molecule has 1 aliphatic rings. The molecule has 1 amide bonds. The standard InChI is InChI=1S/C15H20BrNO4/c1-19-7-8-21-14-5-4-11(9-13(14)16)15(18)17-10-12-3-2-6-20-12/h4-5,9,12H,2-3,6-8,10H2,1H3,(H,17,18). The van der Waals surface area contributed by atoms with Crippen LogP contribution in [0.4, 0.5) is 0 Å². The third kappa shape index (κ3) is 4.98. The summed E-state index contributed by atoms with van der Waals surface area (Å²) in [6.07, 6.45) is 2.23. The minimum absolute atomic E-state index is 0.102. The number of methoxy groups -OCH3 is 1. The van der Waals surface area contributed by atoms with Crippen molar-refractivity contribution in [3.63, 3.8) is 0 Å². The number of carbonyl (C=O) groups excluding carboxylic acids is 1. The van der Waals surface area contributed by atoms with Gasteiger partial charge in [-0.25, -0.2) is 0 Å². The normalized spacial score (nSPS) is 17.7. The second-order valence-corrected chi connectivity index (χ2v) is 5.69. The predicted molar refractivity (Wildman–Crippen MR) is 82.8 cm³/mol. The van der Waals surface area contributed by atoms with Gasteiger partial charge in [0, 0.05) is 25.8 Å². The zero-order valence-corrected chi connectivity index (χ0v) is 13.6. The van der Waals surface area contributed by atoms with Crippen LogP contribution < -0.4 is 10.1 Å². The van der Waals surface area contributed by atoms with E-state index in [1.807, 2.05) is 0 Å². The molecule has 1 atom stereocenters. The lowest BCUT2D eigenvalue weighted by atomic mass is 10.2. The highest BCUT2D eigenvalue weighted by molar-refractivity contribution is 9.10. The van der Waals surface area contributed by atoms with Crippen LogP contribution >= 0.6 is 15.9 Å². The van der Waals surface area contributed by atoms with Crippen molar-refractivity contribution in [1.82, 2.24) is 5.32 Å². The molecule has 0 bridgehead atoms. The van der Waals surface area contributed by atoms with Crippen molar-refractivity contribution in [3.05, 3.63) is 28.2 Å². The molecule has 1 heterocycles. The van der Waals surface area contributed by atoms with Gasteiger partial charge in [-0.1, -0.05) is 0 Å². The van der Waals surface area contributed by atoms with Gasteiger partial charge in [0.15, 0.2) is 0 Å². The van der Waals surface area contributed by atoms with Crippen molar-refractivity contribution < 1.29 is 19.0 Å². The van der Waals surface area contributed by atoms with Crippen LogP contribution in [-0.4, -0.2) is 45.5 Å². The third-order valence-electron chi connectivity index (χ3n) is 3.25. The number of rotatable bonds is 7. The Labute approximate surface area is 133 Å². The average Bonchev–Trinajstić information content (AvgIpc) is 3.00. The Kier molecular flexibility index (Phi) is 6.48. The van der Waals surface area contributed by atoms with Gasteiger partial charge in [0.1, 0.15) is 12.4 Å². The molecular formula is C15H20BrNO4. The van der Waals surface area contributed by atoms with Crippen LogP contribution in [0.5, 0.6) is 5.75 Å². The topological polar surface area (TPSA) is 56.8 Å². The fourth-order valence-electron chi connectivity index (χ4n) is 2.11. The summed E-state index contributed by atoms with van der Waals surface area (Å²) in [4.78, 5) is 12.1. The molecule has 1 N–H and O–H groups in total. The summed E-state index contributed by atoms with van der Waals surface area (Å²) in [7, 11) is 1.62. The summed E-state index contributed by atoms with van der Waals surface area (Å²) >= 11 is 3.41. The molecule has 1 aliphatic heterocycles. The Morgan fingerprint density at radius 2 is 2.33 bits per heavy atom. The van der Waals surface area contributed by atoms with Crippen LogP contribution in [0.25, 0.3) is 0 Å². The number of hydrogen-bond donors (Lipinski definition) is 1. The van der Waals surface area contributed by atoms with E-state index in [2.05, 4.69) is 21.2 Å². The second kappa shape index (κ2) is 8.36. The van der Waals surface area contributed by atoms with Gasteiger partial charge < -0.3 is 19.5 Å². The summed E-state index contributed by atoms with van der Waals surface area (Å²) in [6.45, 7) is 2.35. The first kappa shape index (κ1) is 16.3. The number of carbonyl (C=O) groups is 1. The smallest absolute Gasteiger partial charge is 0.251 e. The van der Waals surface area contributed by atoms with Gasteiger partial charge >= 0.3 is 0 Å². The van der Waals surface area contributed by atoms with Crippen LogP contribution in [-0.2, 0) is 9.47 Å². The van der Waals surface area contributed by atoms with Crippen LogP contribution in [0, 0.1) is 0 Å². The molecule has 1 aromatic rings. The summed E-state index contributed by atoms with van der Waals surface area (Å²) < 4.78 is 16.7. The molecule has 0 saturated carbocycles. The minimum Gasteiger partial charge on any atom is -0.490 e. The fourth-order valence-corrected chi connectivity index (χ4v) is 2.60. The molecule has 0 aromatic heterocycles. The van der Waals surface area contributed by atoms with Gasteiger partial charge in [0.2, 0.25) is 0 Å². The summed E-state index contributed by atoms with van der Waals surface area (Å²) in [5, 5.41) is 2.89. The van der Waals surface area contributed by atoms with E-state index in [9.17, 15) is 4.79 Å². The quantitative estimate of drug-likeness (QED) is 0.761. The fraction of sp³-hybridized carbons (Fsp3) is 0.533. The summed E-state index contributed by atoms with van der Waals surface area (Å²) in [6, 6.07) is 5.28. The molecular weight excluding hydrogens is 338 g/mol. The zero-order chi connectivity index (χ0) is 15.1. The van der Waals surface area contributed by atoms with Gasteiger partial charge in [-0.3, -0.25) is 4.79 Å². The van der Waals surface area contributed by atoms with Crippen molar-refractivity contribution in [3.8, 4) is 5.75 Å². The maximum Gasteiger partial charge on any atom is 0.251 e. The number of nitrogens with one attached hydrogen (secondary N) is 1. The highest BCUT2D eigenvalue weighted by Crippen LogP contribution is 2.26. The molecule has 6 heteroatoms. The lowest BCUT2D eigenvalue weighted by Crippen LogP contribution is -2.31. The Balaban J connectivity index is 1.87. The third-order valence-corrected chi connectivity index (χ3v) is 3.87. The SMILES string of the molecule is COCCOc1ccc(C(=O)NCC2CCCO2)cc1Br. The van der Waals surface area contributed by atoms with Crippen molar-refractivity contribution >= 4 is 21.8 Å². The first-order chi connectivity index (χ1) is 10.2. The lowest BCUT2D eigenvalue weighted by Gasteiger charge is -2.12. The highest BCUT2D eigenvalue weighted by atomic mass is 79.9. The maximum atomic E-state index is 12.1. The molecule has 1 fully saturated rings. The molecule has 21 heavy (non-hydrogen) atoms. The number of ether oxygens (including phenoxy) is 3. The van der Waals surface area contributed by atoms with Crippen LogP contribution in [0.2, 0.25) is 0 Å². The molecule has 0 aliphatic carbocycles. The largest absolute Gasteiger partial charge is 0.490 e. The van der Waals surface area contributed by atoms with Gasteiger partial charge in [-0.05, 0) is 47.0 Å². The number of hydrogen-bond acceptors (Lipinski definition) is 4. The van der Waals surface area contributed by atoms with E-state index < -0.39 is 0 Å². The Morgan fingerprint density at radius 3 is 3.00 bits per heavy atom. The lowest BCUT2D eigenvalue weighted by molar-refractivity contribution is 0.0857. The average molecular weight is 358 g/mol. The molecule has 1 unspecified atom stereocenters. The Bertz CT molecular complexity index is 475. The number of amides is 1. The van der Waals surface area contributed by atoms with Gasteiger partial charge in [0.25, 0.3) is 5.91 Å². The number of halogens is 1. The second-order valence-electron chi connectivity index (χ2n) is 4.83. The van der Waals surface area contributed by atoms with E-state index in [1.54, 1.807) is 25.3 Å². The minimum atomic E-state index is -0.102. The predicted octanol–water partition coefficient (Wildman–Crippen LogP) is 2.38. The maximum absolute atomic E-state index is 12.1. The first-order valence-corrected chi connectivity index (χ1v) is 7.81. The molecule has 5 nitrogen and oxygen atoms in total. The monoisotopic (exact) mass is 357 g/mol. The van der Waals surface area contributed by atoms with Crippen LogP contribution in [0.15, 0.2) is 22.7 Å². The van der Waals surface area contributed by atoms with Gasteiger partial charge in [0.05, 0.1) is 17.2 Å². The Hall–Kier alpha value is -1.11. The van der Waals surface area contributed by atoms with Crippen molar-refractivity contribution in [2.75, 3.05) is 33.5 Å². The summed E-state index contributed by atoms with van der Waals surface area (Å²) in [5.41, 5.74) is 0.596. The highest BCUT2D eigenvalue weighted by Gasteiger charge is 2.17. The van der Waals surface area contributed by atoms with E-state index in [4.69, 9.17) is 14.2 Å². The van der Waals surface area contributed by atoms with E-state index in [1.165, 1.54) is 0 Å². The molecule has 1 aromatic carbocycles. The molecule has 1 saturated heterocycles. The van der Waals surface area contributed by atoms with Gasteiger partial charge in [-0.15, -0.1) is 0 Å². The van der Waals surface area contributed by atoms with Crippen LogP contribution in [0.3, 0.4) is 0 Å². The molecule has 0 spiro atoms. The molecule has 116 valence electrons.